The molecule has 0 bridgehead atoms. The molecule has 1 fully saturated rings. The molecule has 0 spiro atoms. The molecule has 0 aromatic heterocycles. The Balaban J connectivity index is 2.07. The number of hydrazone groups is 1. The van der Waals surface area contributed by atoms with E-state index in [4.69, 9.17) is 0 Å². The van der Waals surface area contributed by atoms with E-state index in [2.05, 4.69) is 47.7 Å². The number of carbonyl (C=O) groups is 2. The molecule has 25 heavy (non-hydrogen) atoms. The standard InChI is InChI=1S/C18H23Br2N3O2/c1-11(22-23-15(25)17(5)10-18(17,19)20)12-7-6-8-13(9-12)21-14(24)16(2,3)4/h6-9H,10H2,1-5H3,(H,21,24)(H,23,25)/b22-11-/t17-/m0/s1. The summed E-state index contributed by atoms with van der Waals surface area (Å²) in [5.41, 5.74) is 3.84. The van der Waals surface area contributed by atoms with Crippen molar-refractivity contribution in [3.8, 4) is 0 Å². The van der Waals surface area contributed by atoms with Gasteiger partial charge >= 0.3 is 0 Å². The maximum Gasteiger partial charge on any atom is 0.248 e. The minimum absolute atomic E-state index is 0.0554. The van der Waals surface area contributed by atoms with Gasteiger partial charge in [-0.25, -0.2) is 5.43 Å². The minimum atomic E-state index is -0.515. The quantitative estimate of drug-likeness (QED) is 0.387. The normalized spacial score (nSPS) is 22.3. The van der Waals surface area contributed by atoms with Crippen LogP contribution in [-0.2, 0) is 9.59 Å². The highest BCUT2D eigenvalue weighted by atomic mass is 79.9. The Morgan fingerprint density at radius 1 is 1.24 bits per heavy atom. The Bertz CT molecular complexity index is 738. The molecule has 2 N–H and O–H groups in total. The number of carbonyl (C=O) groups excluding carboxylic acids is 2. The van der Waals surface area contributed by atoms with E-state index in [9.17, 15) is 9.59 Å². The van der Waals surface area contributed by atoms with Crippen LogP contribution in [0.15, 0.2) is 29.4 Å². The minimum Gasteiger partial charge on any atom is -0.326 e. The third-order valence-corrected chi connectivity index (χ3v) is 6.61. The van der Waals surface area contributed by atoms with Crippen molar-refractivity contribution in [2.24, 2.45) is 15.9 Å². The van der Waals surface area contributed by atoms with Crippen LogP contribution >= 0.6 is 31.9 Å². The number of alkyl halides is 2. The number of rotatable bonds is 4. The van der Waals surface area contributed by atoms with Gasteiger partial charge in [0.25, 0.3) is 0 Å². The molecule has 2 rings (SSSR count). The molecule has 1 aliphatic carbocycles. The fourth-order valence-corrected chi connectivity index (χ4v) is 3.59. The van der Waals surface area contributed by atoms with Crippen molar-refractivity contribution in [1.82, 2.24) is 5.43 Å². The molecule has 2 amide bonds. The molecule has 1 aromatic carbocycles. The lowest BCUT2D eigenvalue weighted by Gasteiger charge is -2.18. The number of nitrogens with zero attached hydrogens (tertiary/aromatic N) is 1. The summed E-state index contributed by atoms with van der Waals surface area (Å²) in [6.45, 7) is 9.27. The number of benzene rings is 1. The maximum absolute atomic E-state index is 12.3. The van der Waals surface area contributed by atoms with Crippen LogP contribution in [0.4, 0.5) is 5.69 Å². The summed E-state index contributed by atoms with van der Waals surface area (Å²) in [7, 11) is 0. The molecule has 1 aliphatic rings. The molecule has 5 nitrogen and oxygen atoms in total. The van der Waals surface area contributed by atoms with Crippen molar-refractivity contribution in [2.45, 2.75) is 44.3 Å². The SMILES string of the molecule is C/C(=N/NC(=O)[C@]1(C)CC1(Br)Br)c1cccc(NC(=O)C(C)(C)C)c1. The van der Waals surface area contributed by atoms with Crippen molar-refractivity contribution < 1.29 is 9.59 Å². The van der Waals surface area contributed by atoms with Crippen LogP contribution in [-0.4, -0.2) is 20.8 Å². The van der Waals surface area contributed by atoms with Gasteiger partial charge in [-0.3, -0.25) is 9.59 Å². The number of hydrogen-bond acceptors (Lipinski definition) is 3. The zero-order chi connectivity index (χ0) is 19.0. The molecule has 1 atom stereocenters. The number of nitrogens with one attached hydrogen (secondary N) is 2. The predicted octanol–water partition coefficient (Wildman–Crippen LogP) is 4.41. The third-order valence-electron chi connectivity index (χ3n) is 4.30. The summed E-state index contributed by atoms with van der Waals surface area (Å²) in [6, 6.07) is 7.40. The first kappa shape index (κ1) is 20.1. The van der Waals surface area contributed by atoms with Crippen LogP contribution < -0.4 is 10.7 Å². The third kappa shape index (κ3) is 4.50. The molecular formula is C18H23Br2N3O2. The van der Waals surface area contributed by atoms with E-state index in [1.807, 2.05) is 58.9 Å². The lowest BCUT2D eigenvalue weighted by Crippen LogP contribution is -2.30. The molecular weight excluding hydrogens is 450 g/mol. The smallest absolute Gasteiger partial charge is 0.248 e. The van der Waals surface area contributed by atoms with Crippen LogP contribution in [0, 0.1) is 10.8 Å². The largest absolute Gasteiger partial charge is 0.326 e. The summed E-state index contributed by atoms with van der Waals surface area (Å²) in [5.74, 6) is -0.196. The second-order valence-electron chi connectivity index (χ2n) is 7.64. The Morgan fingerprint density at radius 2 is 1.84 bits per heavy atom. The van der Waals surface area contributed by atoms with E-state index < -0.39 is 10.8 Å². The number of anilines is 1. The lowest BCUT2D eigenvalue weighted by molar-refractivity contribution is -0.125. The highest BCUT2D eigenvalue weighted by molar-refractivity contribution is 9.25. The predicted molar refractivity (Wildman–Crippen MR) is 108 cm³/mol. The van der Waals surface area contributed by atoms with Gasteiger partial charge in [-0.1, -0.05) is 64.8 Å². The molecule has 7 heteroatoms. The summed E-state index contributed by atoms with van der Waals surface area (Å²) in [6.07, 6.45) is 0.703. The molecule has 1 saturated carbocycles. The number of amides is 2. The van der Waals surface area contributed by atoms with Crippen LogP contribution in [0.5, 0.6) is 0 Å². The summed E-state index contributed by atoms with van der Waals surface area (Å²) in [5, 5.41) is 7.09. The first-order valence-electron chi connectivity index (χ1n) is 8.01. The van der Waals surface area contributed by atoms with Gasteiger partial charge in [0.05, 0.1) is 14.4 Å². The van der Waals surface area contributed by atoms with Crippen LogP contribution in [0.1, 0.15) is 46.6 Å². The van der Waals surface area contributed by atoms with Gasteiger partial charge in [-0.15, -0.1) is 0 Å². The maximum atomic E-state index is 12.3. The highest BCUT2D eigenvalue weighted by Crippen LogP contribution is 2.66. The van der Waals surface area contributed by atoms with E-state index >= 15 is 0 Å². The van der Waals surface area contributed by atoms with Gasteiger partial charge in [0.2, 0.25) is 11.8 Å². The molecule has 0 heterocycles. The van der Waals surface area contributed by atoms with E-state index in [-0.39, 0.29) is 15.0 Å². The van der Waals surface area contributed by atoms with Crippen molar-refractivity contribution in [3.05, 3.63) is 29.8 Å². The van der Waals surface area contributed by atoms with Crippen molar-refractivity contribution in [1.29, 1.82) is 0 Å². The van der Waals surface area contributed by atoms with E-state index in [0.29, 0.717) is 17.8 Å². The molecule has 0 aliphatic heterocycles. The van der Waals surface area contributed by atoms with E-state index in [1.54, 1.807) is 0 Å². The first-order valence-corrected chi connectivity index (χ1v) is 9.60. The first-order chi connectivity index (χ1) is 11.4. The van der Waals surface area contributed by atoms with Crippen LogP contribution in [0.2, 0.25) is 0 Å². The van der Waals surface area contributed by atoms with E-state index in [1.165, 1.54) is 0 Å². The zero-order valence-electron chi connectivity index (χ0n) is 15.0. The second-order valence-corrected chi connectivity index (χ2v) is 11.4. The molecule has 136 valence electrons. The van der Waals surface area contributed by atoms with Gasteiger partial charge in [0.1, 0.15) is 0 Å². The summed E-state index contributed by atoms with van der Waals surface area (Å²) in [4.78, 5) is 24.4. The molecule has 1 aromatic rings. The Kier molecular flexibility index (Phi) is 5.50. The van der Waals surface area contributed by atoms with Crippen molar-refractivity contribution in [2.75, 3.05) is 5.32 Å². The monoisotopic (exact) mass is 471 g/mol. The van der Waals surface area contributed by atoms with Gasteiger partial charge < -0.3 is 5.32 Å². The van der Waals surface area contributed by atoms with Gasteiger partial charge in [-0.2, -0.15) is 5.10 Å². The molecule has 0 radical (unpaired) electrons. The molecule has 0 saturated heterocycles. The average Bonchev–Trinajstić information content (AvgIpc) is 3.03. The van der Waals surface area contributed by atoms with E-state index in [0.717, 1.165) is 5.56 Å². The summed E-state index contributed by atoms with van der Waals surface area (Å²) < 4.78 is -0.350. The number of hydrogen-bond donors (Lipinski definition) is 2. The van der Waals surface area contributed by atoms with Gasteiger partial charge in [0.15, 0.2) is 0 Å². The van der Waals surface area contributed by atoms with Crippen molar-refractivity contribution >= 4 is 55.1 Å². The lowest BCUT2D eigenvalue weighted by atomic mass is 9.95. The number of halogens is 2. The Labute approximate surface area is 165 Å². The average molecular weight is 473 g/mol. The van der Waals surface area contributed by atoms with Gasteiger partial charge in [0, 0.05) is 11.1 Å². The van der Waals surface area contributed by atoms with Crippen LogP contribution in [0.3, 0.4) is 0 Å². The highest BCUT2D eigenvalue weighted by Gasteiger charge is 2.66. The van der Waals surface area contributed by atoms with Crippen LogP contribution in [0.25, 0.3) is 0 Å². The fourth-order valence-electron chi connectivity index (χ4n) is 2.11. The second kappa shape index (κ2) is 6.83. The topological polar surface area (TPSA) is 70.6 Å². The molecule has 0 unspecified atom stereocenters. The fraction of sp³-hybridized carbons (Fsp3) is 0.500. The van der Waals surface area contributed by atoms with Crippen molar-refractivity contribution in [3.63, 3.8) is 0 Å². The Morgan fingerprint density at radius 3 is 2.36 bits per heavy atom. The Hall–Kier alpha value is -1.21. The van der Waals surface area contributed by atoms with Gasteiger partial charge in [-0.05, 0) is 38.0 Å². The summed E-state index contributed by atoms with van der Waals surface area (Å²) >= 11 is 6.95. The zero-order valence-corrected chi connectivity index (χ0v) is 18.2.